The predicted molar refractivity (Wildman–Crippen MR) is 90.8 cm³/mol. The second-order valence-corrected chi connectivity index (χ2v) is 7.21. The topological polar surface area (TPSA) is 24.5 Å². The molecule has 0 fully saturated rings. The summed E-state index contributed by atoms with van der Waals surface area (Å²) in [5.41, 5.74) is 1.45. The molecule has 0 aliphatic carbocycles. The maximum atomic E-state index is 5.31. The summed E-state index contributed by atoms with van der Waals surface area (Å²) in [6, 6.07) is 8.83. The molecule has 0 aliphatic rings. The largest absolute Gasteiger partial charge is 0.497 e. The van der Waals surface area contributed by atoms with Crippen molar-refractivity contribution < 1.29 is 4.74 Å². The first-order valence-electron chi connectivity index (χ1n) is 7.81. The average molecular weight is 292 g/mol. The third kappa shape index (κ3) is 6.49. The van der Waals surface area contributed by atoms with Gasteiger partial charge in [0.15, 0.2) is 0 Å². The summed E-state index contributed by atoms with van der Waals surface area (Å²) >= 11 is 0. The van der Waals surface area contributed by atoms with Gasteiger partial charge in [0.1, 0.15) is 5.75 Å². The summed E-state index contributed by atoms with van der Waals surface area (Å²) in [6.07, 6.45) is 0. The Morgan fingerprint density at radius 3 is 2.43 bits per heavy atom. The summed E-state index contributed by atoms with van der Waals surface area (Å²) in [6.45, 7) is 13.2. The van der Waals surface area contributed by atoms with Gasteiger partial charge in [0.2, 0.25) is 0 Å². The van der Waals surface area contributed by atoms with Crippen LogP contribution in [0.15, 0.2) is 24.3 Å². The molecule has 120 valence electrons. The van der Waals surface area contributed by atoms with Crippen molar-refractivity contribution in [2.75, 3.05) is 20.7 Å². The fraction of sp³-hybridized carbons (Fsp3) is 0.667. The summed E-state index contributed by atoms with van der Waals surface area (Å²) in [5, 5.41) is 3.63. The number of nitrogens with zero attached hydrogens (tertiary/aromatic N) is 1. The van der Waals surface area contributed by atoms with E-state index in [4.69, 9.17) is 4.74 Å². The van der Waals surface area contributed by atoms with Crippen LogP contribution in [0, 0.1) is 5.92 Å². The Kier molecular flexibility index (Phi) is 6.69. The molecule has 1 aromatic rings. The third-order valence-electron chi connectivity index (χ3n) is 3.74. The fourth-order valence-corrected chi connectivity index (χ4v) is 2.49. The van der Waals surface area contributed by atoms with Crippen LogP contribution in [0.3, 0.4) is 0 Å². The zero-order valence-corrected chi connectivity index (χ0v) is 14.7. The van der Waals surface area contributed by atoms with E-state index in [0.717, 1.165) is 18.8 Å². The van der Waals surface area contributed by atoms with Crippen LogP contribution in [0.2, 0.25) is 0 Å². The molecule has 0 heterocycles. The van der Waals surface area contributed by atoms with E-state index in [0.29, 0.717) is 12.0 Å². The Hall–Kier alpha value is -1.06. The van der Waals surface area contributed by atoms with Gasteiger partial charge in [-0.2, -0.15) is 0 Å². The summed E-state index contributed by atoms with van der Waals surface area (Å²) in [4.78, 5) is 2.43. The number of rotatable bonds is 7. The maximum absolute atomic E-state index is 5.31. The first-order chi connectivity index (χ1) is 9.73. The number of hydrogen-bond acceptors (Lipinski definition) is 3. The number of nitrogens with one attached hydrogen (secondary N) is 1. The highest BCUT2D eigenvalue weighted by molar-refractivity contribution is 5.28. The number of ether oxygens (including phenoxy) is 1. The van der Waals surface area contributed by atoms with Crippen molar-refractivity contribution in [2.24, 2.45) is 5.92 Å². The van der Waals surface area contributed by atoms with Gasteiger partial charge in [-0.15, -0.1) is 0 Å². The number of benzene rings is 1. The molecule has 0 aliphatic heterocycles. The van der Waals surface area contributed by atoms with Gasteiger partial charge >= 0.3 is 0 Å². The normalized spacial score (nSPS) is 13.8. The average Bonchev–Trinajstić information content (AvgIpc) is 2.37. The number of hydrogen-bond donors (Lipinski definition) is 1. The van der Waals surface area contributed by atoms with Crippen LogP contribution in [0.4, 0.5) is 0 Å². The second kappa shape index (κ2) is 7.81. The van der Waals surface area contributed by atoms with Crippen LogP contribution in [0.1, 0.15) is 40.2 Å². The lowest BCUT2D eigenvalue weighted by molar-refractivity contribution is 0.169. The molecule has 3 heteroatoms. The molecular formula is C18H32N2O. The van der Waals surface area contributed by atoms with Crippen LogP contribution in [-0.2, 0) is 6.54 Å². The minimum absolute atomic E-state index is 0.157. The van der Waals surface area contributed by atoms with Crippen molar-refractivity contribution in [3.8, 4) is 5.75 Å². The minimum Gasteiger partial charge on any atom is -0.497 e. The Bertz CT molecular complexity index is 423. The van der Waals surface area contributed by atoms with Crippen molar-refractivity contribution >= 4 is 0 Å². The van der Waals surface area contributed by atoms with Gasteiger partial charge in [0.05, 0.1) is 7.11 Å². The summed E-state index contributed by atoms with van der Waals surface area (Å²) < 4.78 is 5.31. The highest BCUT2D eigenvalue weighted by atomic mass is 16.5. The Morgan fingerprint density at radius 2 is 1.90 bits per heavy atom. The van der Waals surface area contributed by atoms with Crippen molar-refractivity contribution in [3.05, 3.63) is 29.8 Å². The van der Waals surface area contributed by atoms with Crippen LogP contribution >= 0.6 is 0 Å². The van der Waals surface area contributed by atoms with Gasteiger partial charge in [-0.05, 0) is 51.4 Å². The molecule has 1 atom stereocenters. The molecule has 0 amide bonds. The number of likely N-dealkylation sites (N-methyl/N-ethyl adjacent to an activating group) is 1. The summed E-state index contributed by atoms with van der Waals surface area (Å²) in [7, 11) is 3.92. The van der Waals surface area contributed by atoms with Crippen LogP contribution in [0.5, 0.6) is 5.75 Å². The van der Waals surface area contributed by atoms with E-state index in [9.17, 15) is 0 Å². The summed E-state index contributed by atoms with van der Waals surface area (Å²) in [5.74, 6) is 1.53. The quantitative estimate of drug-likeness (QED) is 0.832. The Labute approximate surface area is 130 Å². The van der Waals surface area contributed by atoms with Crippen LogP contribution in [0.25, 0.3) is 0 Å². The van der Waals surface area contributed by atoms with E-state index in [2.05, 4.69) is 70.1 Å². The predicted octanol–water partition coefficient (Wildman–Crippen LogP) is 3.54. The zero-order chi connectivity index (χ0) is 16.0. The van der Waals surface area contributed by atoms with E-state index >= 15 is 0 Å². The van der Waals surface area contributed by atoms with E-state index < -0.39 is 0 Å². The minimum atomic E-state index is 0.157. The first kappa shape index (κ1) is 18.0. The molecule has 1 aromatic carbocycles. The molecule has 1 N–H and O–H groups in total. The lowest BCUT2D eigenvalue weighted by atomic mass is 10.00. The molecule has 0 aromatic heterocycles. The van der Waals surface area contributed by atoms with Crippen molar-refractivity contribution in [1.82, 2.24) is 10.2 Å². The van der Waals surface area contributed by atoms with Crippen molar-refractivity contribution in [2.45, 2.75) is 52.7 Å². The molecule has 1 rings (SSSR count). The molecule has 0 bridgehead atoms. The molecule has 21 heavy (non-hydrogen) atoms. The van der Waals surface area contributed by atoms with Gasteiger partial charge in [0.25, 0.3) is 0 Å². The van der Waals surface area contributed by atoms with Gasteiger partial charge in [-0.3, -0.25) is 4.90 Å². The molecule has 0 radical (unpaired) electrons. The van der Waals surface area contributed by atoms with Crippen LogP contribution < -0.4 is 10.1 Å². The van der Waals surface area contributed by atoms with Gasteiger partial charge in [-0.1, -0.05) is 26.0 Å². The highest BCUT2D eigenvalue weighted by Gasteiger charge is 2.21. The van der Waals surface area contributed by atoms with Gasteiger partial charge in [0, 0.05) is 24.7 Å². The molecule has 0 spiro atoms. The first-order valence-corrected chi connectivity index (χ1v) is 7.81. The monoisotopic (exact) mass is 292 g/mol. The molecule has 0 saturated carbocycles. The van der Waals surface area contributed by atoms with Gasteiger partial charge < -0.3 is 10.1 Å². The Morgan fingerprint density at radius 1 is 1.24 bits per heavy atom. The van der Waals surface area contributed by atoms with Crippen molar-refractivity contribution in [1.29, 1.82) is 0 Å². The second-order valence-electron chi connectivity index (χ2n) is 7.21. The lowest BCUT2D eigenvalue weighted by Crippen LogP contribution is -2.48. The maximum Gasteiger partial charge on any atom is 0.119 e. The molecule has 3 nitrogen and oxygen atoms in total. The molecule has 1 unspecified atom stereocenters. The van der Waals surface area contributed by atoms with Crippen LogP contribution in [-0.4, -0.2) is 37.2 Å². The SMILES string of the molecule is COc1cccc(CN(C)C(CNC(C)(C)C)C(C)C)c1. The smallest absolute Gasteiger partial charge is 0.119 e. The Balaban J connectivity index is 2.69. The van der Waals surface area contributed by atoms with E-state index in [1.54, 1.807) is 7.11 Å². The van der Waals surface area contributed by atoms with E-state index in [1.807, 2.05) is 6.07 Å². The molecule has 0 saturated heterocycles. The number of methoxy groups -OCH3 is 1. The fourth-order valence-electron chi connectivity index (χ4n) is 2.49. The molecular weight excluding hydrogens is 260 g/mol. The lowest BCUT2D eigenvalue weighted by Gasteiger charge is -2.34. The third-order valence-corrected chi connectivity index (χ3v) is 3.74. The highest BCUT2D eigenvalue weighted by Crippen LogP contribution is 2.17. The zero-order valence-electron chi connectivity index (χ0n) is 14.7. The van der Waals surface area contributed by atoms with E-state index in [1.165, 1.54) is 5.56 Å². The standard InChI is InChI=1S/C18H32N2O/c1-14(2)17(12-19-18(3,4)5)20(6)13-15-9-8-10-16(11-15)21-7/h8-11,14,17,19H,12-13H2,1-7H3. The van der Waals surface area contributed by atoms with E-state index in [-0.39, 0.29) is 5.54 Å². The van der Waals surface area contributed by atoms with Crippen molar-refractivity contribution in [3.63, 3.8) is 0 Å². The van der Waals surface area contributed by atoms with Gasteiger partial charge in [-0.25, -0.2) is 0 Å².